The summed E-state index contributed by atoms with van der Waals surface area (Å²) >= 11 is 0. The number of nitrogens with zero attached hydrogens (tertiary/aromatic N) is 4. The lowest BCUT2D eigenvalue weighted by atomic mass is 10.1. The minimum atomic E-state index is -0.485. The maximum Gasteiger partial charge on any atom is 0.259 e. The number of nitrogens with one attached hydrogen (secondary N) is 4. The molecule has 4 N–H and O–H groups in total. The Kier molecular flexibility index (Phi) is 6.05. The van der Waals surface area contributed by atoms with E-state index >= 15 is 0 Å². The van der Waals surface area contributed by atoms with E-state index in [1.54, 1.807) is 36.4 Å². The SMILES string of the molecule is O=C1NC(=O)c2cc(Nc3nc(Nc4ccc5c(c4)C(=O)NC5=O)nc(N(c4ccccc4)c4ccccc4)n3)ccc21. The zero-order valence-electron chi connectivity index (χ0n) is 22.2. The van der Waals surface area contributed by atoms with Crippen molar-refractivity contribution < 1.29 is 19.2 Å². The van der Waals surface area contributed by atoms with Crippen molar-refractivity contribution in [1.82, 2.24) is 25.6 Å². The molecule has 2 aliphatic heterocycles. The molecule has 0 unspecified atom stereocenters. The van der Waals surface area contributed by atoms with Gasteiger partial charge >= 0.3 is 0 Å². The van der Waals surface area contributed by atoms with Crippen LogP contribution in [-0.2, 0) is 0 Å². The molecule has 43 heavy (non-hydrogen) atoms. The third-order valence-electron chi connectivity index (χ3n) is 6.84. The molecule has 208 valence electrons. The number of hydrogen-bond donors (Lipinski definition) is 4. The Balaban J connectivity index is 1.32. The van der Waals surface area contributed by atoms with E-state index in [4.69, 9.17) is 9.97 Å². The molecule has 5 aromatic rings. The molecule has 4 amide bonds. The summed E-state index contributed by atoms with van der Waals surface area (Å²) in [7, 11) is 0. The van der Waals surface area contributed by atoms with Crippen LogP contribution in [0.15, 0.2) is 97.1 Å². The zero-order valence-corrected chi connectivity index (χ0v) is 22.2. The van der Waals surface area contributed by atoms with Crippen molar-refractivity contribution in [2.45, 2.75) is 0 Å². The van der Waals surface area contributed by atoms with Crippen LogP contribution in [0.25, 0.3) is 0 Å². The number of rotatable bonds is 7. The molecule has 2 aliphatic rings. The summed E-state index contributed by atoms with van der Waals surface area (Å²) in [6.07, 6.45) is 0. The largest absolute Gasteiger partial charge is 0.324 e. The van der Waals surface area contributed by atoms with Crippen molar-refractivity contribution in [3.05, 3.63) is 119 Å². The fourth-order valence-electron chi connectivity index (χ4n) is 4.86. The first-order valence-electron chi connectivity index (χ1n) is 13.1. The van der Waals surface area contributed by atoms with Gasteiger partial charge in [-0.05, 0) is 60.7 Å². The van der Waals surface area contributed by atoms with Crippen LogP contribution >= 0.6 is 0 Å². The second kappa shape index (κ2) is 10.2. The highest BCUT2D eigenvalue weighted by atomic mass is 16.2. The Morgan fingerprint density at radius 2 is 0.907 bits per heavy atom. The van der Waals surface area contributed by atoms with Crippen LogP contribution in [0.1, 0.15) is 41.4 Å². The molecular weight excluding hydrogens is 548 g/mol. The first-order valence-corrected chi connectivity index (χ1v) is 13.1. The van der Waals surface area contributed by atoms with E-state index in [9.17, 15) is 19.2 Å². The maximum atomic E-state index is 12.3. The van der Waals surface area contributed by atoms with Gasteiger partial charge in [-0.15, -0.1) is 0 Å². The molecule has 0 bridgehead atoms. The summed E-state index contributed by atoms with van der Waals surface area (Å²) in [5, 5.41) is 10.8. The molecule has 12 heteroatoms. The number of aromatic nitrogens is 3. The number of fused-ring (bicyclic) bond motifs is 2. The molecular formula is C31H20N8O4. The van der Waals surface area contributed by atoms with Crippen LogP contribution in [0, 0.1) is 0 Å². The highest BCUT2D eigenvalue weighted by Gasteiger charge is 2.28. The van der Waals surface area contributed by atoms with Gasteiger partial charge < -0.3 is 10.6 Å². The van der Waals surface area contributed by atoms with Gasteiger partial charge in [-0.1, -0.05) is 36.4 Å². The topological polar surface area (TPSA) is 158 Å². The Bertz CT molecular complexity index is 1830. The number of para-hydroxylation sites is 2. The standard InChI is InChI=1S/C31H20N8O4/c40-25-21-13-11-17(15-23(21)27(42)34-25)32-29-36-30(33-18-12-14-22-24(16-18)28(43)35-26(22)41)38-31(37-29)39(19-7-3-1-4-8-19)20-9-5-2-6-10-20/h1-16H,(H,34,40,42)(H,35,41,43)(H2,32,33,36,37,38). The van der Waals surface area contributed by atoms with Crippen molar-refractivity contribution >= 4 is 64.2 Å². The number of carbonyl (C=O) groups is 4. The fraction of sp³-hybridized carbons (Fsp3) is 0. The molecule has 4 aromatic carbocycles. The average Bonchev–Trinajstić information content (AvgIpc) is 3.46. The van der Waals surface area contributed by atoms with Crippen LogP contribution in [0.4, 0.5) is 40.6 Å². The average molecular weight is 569 g/mol. The molecule has 0 saturated carbocycles. The van der Waals surface area contributed by atoms with Crippen molar-refractivity contribution in [1.29, 1.82) is 0 Å². The second-order valence-electron chi connectivity index (χ2n) is 9.63. The second-order valence-corrected chi connectivity index (χ2v) is 9.63. The first-order chi connectivity index (χ1) is 20.9. The van der Waals surface area contributed by atoms with Gasteiger partial charge in [0.1, 0.15) is 0 Å². The van der Waals surface area contributed by atoms with Crippen molar-refractivity contribution in [3.8, 4) is 0 Å². The quantitative estimate of drug-likeness (QED) is 0.205. The van der Waals surface area contributed by atoms with Crippen molar-refractivity contribution in [2.24, 2.45) is 0 Å². The summed E-state index contributed by atoms with van der Waals surface area (Å²) < 4.78 is 0. The van der Waals surface area contributed by atoms with E-state index in [1.807, 2.05) is 65.6 Å². The molecule has 0 fully saturated rings. The van der Waals surface area contributed by atoms with Gasteiger partial charge in [-0.25, -0.2) is 0 Å². The lowest BCUT2D eigenvalue weighted by molar-refractivity contribution is 0.0863. The molecule has 0 saturated heterocycles. The third-order valence-corrected chi connectivity index (χ3v) is 6.84. The van der Waals surface area contributed by atoms with Gasteiger partial charge in [0.05, 0.1) is 22.3 Å². The predicted molar refractivity (Wildman–Crippen MR) is 158 cm³/mol. The van der Waals surface area contributed by atoms with Gasteiger partial charge in [0.2, 0.25) is 17.8 Å². The van der Waals surface area contributed by atoms with Gasteiger partial charge in [0.15, 0.2) is 0 Å². The van der Waals surface area contributed by atoms with E-state index in [1.165, 1.54) is 0 Å². The highest BCUT2D eigenvalue weighted by molar-refractivity contribution is 6.22. The minimum Gasteiger partial charge on any atom is -0.324 e. The molecule has 0 spiro atoms. The fourth-order valence-corrected chi connectivity index (χ4v) is 4.86. The van der Waals surface area contributed by atoms with Crippen LogP contribution < -0.4 is 26.2 Å². The molecule has 1 aromatic heterocycles. The summed E-state index contributed by atoms with van der Waals surface area (Å²) in [6, 6.07) is 28.6. The molecule has 0 radical (unpaired) electrons. The minimum absolute atomic E-state index is 0.142. The number of carbonyl (C=O) groups excluding carboxylic acids is 4. The monoisotopic (exact) mass is 568 g/mol. The number of amides is 4. The lowest BCUT2D eigenvalue weighted by Gasteiger charge is -2.24. The van der Waals surface area contributed by atoms with Crippen molar-refractivity contribution in [3.63, 3.8) is 0 Å². The maximum absolute atomic E-state index is 12.3. The van der Waals surface area contributed by atoms with Gasteiger partial charge in [-0.3, -0.25) is 34.7 Å². The Morgan fingerprint density at radius 1 is 0.488 bits per heavy atom. The van der Waals surface area contributed by atoms with E-state index in [0.717, 1.165) is 11.4 Å². The molecule has 0 aliphatic carbocycles. The van der Waals surface area contributed by atoms with Crippen molar-refractivity contribution in [2.75, 3.05) is 15.5 Å². The van der Waals surface area contributed by atoms with Gasteiger partial charge in [0.25, 0.3) is 23.6 Å². The van der Waals surface area contributed by atoms with E-state index in [-0.39, 0.29) is 40.1 Å². The molecule has 7 rings (SSSR count). The lowest BCUT2D eigenvalue weighted by Crippen LogP contribution is -2.19. The molecule has 0 atom stereocenters. The van der Waals surface area contributed by atoms with Crippen LogP contribution in [0.2, 0.25) is 0 Å². The number of hydrogen-bond acceptors (Lipinski definition) is 10. The van der Waals surface area contributed by atoms with Gasteiger partial charge in [-0.2, -0.15) is 15.0 Å². The highest BCUT2D eigenvalue weighted by Crippen LogP contribution is 2.34. The summed E-state index contributed by atoms with van der Waals surface area (Å²) in [6.45, 7) is 0. The van der Waals surface area contributed by atoms with E-state index in [2.05, 4.69) is 26.3 Å². The Morgan fingerprint density at radius 3 is 1.35 bits per heavy atom. The van der Waals surface area contributed by atoms with Crippen LogP contribution in [0.3, 0.4) is 0 Å². The zero-order chi connectivity index (χ0) is 29.5. The molecule has 3 heterocycles. The first kappa shape index (κ1) is 25.5. The summed E-state index contributed by atoms with van der Waals surface area (Å²) in [5.41, 5.74) is 3.58. The number of imide groups is 2. The number of benzene rings is 4. The number of anilines is 7. The summed E-state index contributed by atoms with van der Waals surface area (Å²) in [4.78, 5) is 64.3. The predicted octanol–water partition coefficient (Wildman–Crippen LogP) is 4.60. The third kappa shape index (κ3) is 4.78. The Hall–Kier alpha value is -6.43. The molecule has 12 nitrogen and oxygen atoms in total. The Labute approximate surface area is 243 Å². The van der Waals surface area contributed by atoms with E-state index in [0.29, 0.717) is 11.4 Å². The normalized spacial score (nSPS) is 13.2. The van der Waals surface area contributed by atoms with Crippen LogP contribution in [-0.4, -0.2) is 38.6 Å². The van der Waals surface area contributed by atoms with Crippen LogP contribution in [0.5, 0.6) is 0 Å². The van der Waals surface area contributed by atoms with Gasteiger partial charge in [0, 0.05) is 22.7 Å². The van der Waals surface area contributed by atoms with E-state index < -0.39 is 23.6 Å². The summed E-state index contributed by atoms with van der Waals surface area (Å²) in [5.74, 6) is -1.33. The smallest absolute Gasteiger partial charge is 0.259 e.